The van der Waals surface area contributed by atoms with Crippen molar-refractivity contribution in [3.05, 3.63) is 29.8 Å². The van der Waals surface area contributed by atoms with Gasteiger partial charge in [0, 0.05) is 19.6 Å². The average Bonchev–Trinajstić information content (AvgIpc) is 2.38. The highest BCUT2D eigenvalue weighted by Gasteiger charge is 2.13. The molecule has 0 saturated carbocycles. The molecule has 6 heteroatoms. The van der Waals surface area contributed by atoms with E-state index in [9.17, 15) is 8.42 Å². The lowest BCUT2D eigenvalue weighted by Gasteiger charge is -2.10. The number of sulfonamides is 1. The van der Waals surface area contributed by atoms with Gasteiger partial charge in [-0.1, -0.05) is 26.0 Å². The summed E-state index contributed by atoms with van der Waals surface area (Å²) in [5.41, 5.74) is 1.11. The summed E-state index contributed by atoms with van der Waals surface area (Å²) in [5.74, 6) is 0.379. The highest BCUT2D eigenvalue weighted by atomic mass is 32.2. The minimum atomic E-state index is -3.46. The number of rotatable bonds is 8. The Morgan fingerprint density at radius 2 is 1.70 bits per heavy atom. The maximum atomic E-state index is 12.0. The molecule has 0 aliphatic carbocycles. The topological polar surface area (TPSA) is 78.4 Å². The molecule has 0 saturated heterocycles. The Balaban J connectivity index is 2.52. The molecule has 0 aliphatic heterocycles. The van der Waals surface area contributed by atoms with Crippen molar-refractivity contribution < 1.29 is 13.5 Å². The van der Waals surface area contributed by atoms with Gasteiger partial charge in [0.25, 0.3) is 0 Å². The van der Waals surface area contributed by atoms with Gasteiger partial charge in [-0.15, -0.1) is 0 Å². The number of aliphatic hydroxyl groups excluding tert-OH is 1. The van der Waals surface area contributed by atoms with Gasteiger partial charge in [-0.3, -0.25) is 0 Å². The molecule has 20 heavy (non-hydrogen) atoms. The maximum Gasteiger partial charge on any atom is 0.240 e. The second-order valence-electron chi connectivity index (χ2n) is 5.17. The van der Waals surface area contributed by atoms with Crippen molar-refractivity contribution >= 4 is 10.0 Å². The molecular weight excluding hydrogens is 276 g/mol. The van der Waals surface area contributed by atoms with E-state index in [1.165, 1.54) is 0 Å². The zero-order valence-corrected chi connectivity index (χ0v) is 13.1. The highest BCUT2D eigenvalue weighted by Crippen LogP contribution is 2.16. The van der Waals surface area contributed by atoms with Crippen LogP contribution >= 0.6 is 0 Å². The molecule has 0 radical (unpaired) electrons. The van der Waals surface area contributed by atoms with Crippen molar-refractivity contribution in [2.75, 3.05) is 19.6 Å². The molecule has 1 aromatic carbocycles. The third-order valence-electron chi connectivity index (χ3n) is 2.89. The first-order chi connectivity index (χ1) is 9.33. The number of hydrogen-bond acceptors (Lipinski definition) is 4. The van der Waals surface area contributed by atoms with Crippen molar-refractivity contribution in [1.82, 2.24) is 10.0 Å². The third kappa shape index (κ3) is 5.58. The van der Waals surface area contributed by atoms with Crippen LogP contribution in [0.4, 0.5) is 0 Å². The summed E-state index contributed by atoms with van der Waals surface area (Å²) in [5, 5.41) is 12.0. The van der Waals surface area contributed by atoms with Crippen LogP contribution in [-0.4, -0.2) is 39.3 Å². The van der Waals surface area contributed by atoms with Crippen LogP contribution in [-0.2, 0) is 10.0 Å². The van der Waals surface area contributed by atoms with E-state index in [2.05, 4.69) is 23.9 Å². The van der Waals surface area contributed by atoms with Gasteiger partial charge in [0.2, 0.25) is 10.0 Å². The first-order valence-corrected chi connectivity index (χ1v) is 8.29. The molecule has 3 N–H and O–H groups in total. The van der Waals surface area contributed by atoms with Crippen LogP contribution in [0.25, 0.3) is 0 Å². The van der Waals surface area contributed by atoms with Crippen LogP contribution in [0.2, 0.25) is 0 Å². The molecule has 0 aliphatic rings. The number of nitrogens with one attached hydrogen (secondary N) is 2. The fourth-order valence-corrected chi connectivity index (χ4v) is 2.73. The van der Waals surface area contributed by atoms with Crippen molar-refractivity contribution in [3.63, 3.8) is 0 Å². The molecule has 0 bridgehead atoms. The predicted molar refractivity (Wildman–Crippen MR) is 80.3 cm³/mol. The van der Waals surface area contributed by atoms with Crippen molar-refractivity contribution in [3.8, 4) is 0 Å². The largest absolute Gasteiger partial charge is 0.392 e. The number of aliphatic hydroxyl groups is 1. The van der Waals surface area contributed by atoms with Gasteiger partial charge in [-0.05, 0) is 30.5 Å². The molecule has 1 atom stereocenters. The first kappa shape index (κ1) is 17.1. The maximum absolute atomic E-state index is 12.0. The van der Waals surface area contributed by atoms with E-state index in [-0.39, 0.29) is 4.90 Å². The minimum Gasteiger partial charge on any atom is -0.392 e. The van der Waals surface area contributed by atoms with E-state index in [0.717, 1.165) is 5.56 Å². The van der Waals surface area contributed by atoms with Crippen LogP contribution in [0.15, 0.2) is 29.2 Å². The Morgan fingerprint density at radius 1 is 1.10 bits per heavy atom. The standard InChI is InChI=1S/C14H24N2O3S/c1-11(2)13-4-6-14(7-5-13)20(18,19)16-9-8-15-10-12(3)17/h4-7,11-12,15-17H,8-10H2,1-3H3. The number of benzene rings is 1. The first-order valence-electron chi connectivity index (χ1n) is 6.81. The summed E-state index contributed by atoms with van der Waals surface area (Å²) in [6.07, 6.45) is -0.435. The van der Waals surface area contributed by atoms with Gasteiger partial charge in [0.05, 0.1) is 11.0 Å². The van der Waals surface area contributed by atoms with Gasteiger partial charge < -0.3 is 10.4 Å². The van der Waals surface area contributed by atoms with Crippen LogP contribution in [0.3, 0.4) is 0 Å². The zero-order valence-electron chi connectivity index (χ0n) is 12.3. The lowest BCUT2D eigenvalue weighted by atomic mass is 10.0. The Morgan fingerprint density at radius 3 is 2.20 bits per heavy atom. The Labute approximate surface area is 121 Å². The molecule has 0 spiro atoms. The molecule has 0 heterocycles. The van der Waals surface area contributed by atoms with E-state index in [4.69, 9.17) is 5.11 Å². The van der Waals surface area contributed by atoms with E-state index < -0.39 is 16.1 Å². The van der Waals surface area contributed by atoms with Crippen molar-refractivity contribution in [2.24, 2.45) is 0 Å². The molecule has 5 nitrogen and oxygen atoms in total. The summed E-state index contributed by atoms with van der Waals surface area (Å²) in [4.78, 5) is 0.275. The van der Waals surface area contributed by atoms with Crippen molar-refractivity contribution in [1.29, 1.82) is 0 Å². The van der Waals surface area contributed by atoms with Crippen molar-refractivity contribution in [2.45, 2.75) is 37.7 Å². The van der Waals surface area contributed by atoms with E-state index in [1.807, 2.05) is 12.1 Å². The van der Waals surface area contributed by atoms with E-state index in [0.29, 0.717) is 25.6 Å². The van der Waals surface area contributed by atoms with Crippen LogP contribution in [0.5, 0.6) is 0 Å². The fourth-order valence-electron chi connectivity index (χ4n) is 1.70. The Kier molecular flexibility index (Phi) is 6.61. The van der Waals surface area contributed by atoms with Crippen LogP contribution in [0.1, 0.15) is 32.3 Å². The SMILES string of the molecule is CC(O)CNCCNS(=O)(=O)c1ccc(C(C)C)cc1. The molecule has 1 unspecified atom stereocenters. The molecule has 0 amide bonds. The summed E-state index contributed by atoms with van der Waals surface area (Å²) >= 11 is 0. The van der Waals surface area contributed by atoms with Crippen LogP contribution < -0.4 is 10.0 Å². The predicted octanol–water partition coefficient (Wildman–Crippen LogP) is 1.06. The number of hydrogen-bond donors (Lipinski definition) is 3. The smallest absolute Gasteiger partial charge is 0.240 e. The van der Waals surface area contributed by atoms with Gasteiger partial charge >= 0.3 is 0 Å². The van der Waals surface area contributed by atoms with Gasteiger partial charge in [0.15, 0.2) is 0 Å². The second kappa shape index (κ2) is 7.73. The van der Waals surface area contributed by atoms with E-state index in [1.54, 1.807) is 19.1 Å². The summed E-state index contributed by atoms with van der Waals surface area (Å²) in [6.45, 7) is 7.03. The van der Waals surface area contributed by atoms with Gasteiger partial charge in [-0.2, -0.15) is 0 Å². The average molecular weight is 300 g/mol. The van der Waals surface area contributed by atoms with Gasteiger partial charge in [-0.25, -0.2) is 13.1 Å². The third-order valence-corrected chi connectivity index (χ3v) is 4.37. The molecule has 1 aromatic rings. The Bertz CT molecular complexity index is 496. The summed E-state index contributed by atoms with van der Waals surface area (Å²) in [7, 11) is -3.46. The molecule has 0 fully saturated rings. The molecule has 1 rings (SSSR count). The fraction of sp³-hybridized carbons (Fsp3) is 0.571. The molecular formula is C14H24N2O3S. The Hall–Kier alpha value is -0.950. The van der Waals surface area contributed by atoms with E-state index >= 15 is 0 Å². The summed E-state index contributed by atoms with van der Waals surface area (Å²) < 4.78 is 26.6. The lowest BCUT2D eigenvalue weighted by Crippen LogP contribution is -2.34. The normalized spacial score (nSPS) is 13.7. The monoisotopic (exact) mass is 300 g/mol. The minimum absolute atomic E-state index is 0.275. The second-order valence-corrected chi connectivity index (χ2v) is 6.94. The molecule has 0 aromatic heterocycles. The quantitative estimate of drug-likeness (QED) is 0.627. The molecule has 114 valence electrons. The van der Waals surface area contributed by atoms with Gasteiger partial charge in [0.1, 0.15) is 0 Å². The highest BCUT2D eigenvalue weighted by molar-refractivity contribution is 7.89. The summed E-state index contributed by atoms with van der Waals surface area (Å²) in [6, 6.07) is 6.93. The van der Waals surface area contributed by atoms with Crippen LogP contribution in [0, 0.1) is 0 Å². The zero-order chi connectivity index (χ0) is 15.2. The lowest BCUT2D eigenvalue weighted by molar-refractivity contribution is 0.192.